The SMILES string of the molecule is COc1ccccc1C1=C(Nc2cccc(Br)c2)C(=O)N(c2ccc(F)cc2)C1=O. The molecule has 2 amide bonds. The van der Waals surface area contributed by atoms with E-state index in [0.29, 0.717) is 17.0 Å². The van der Waals surface area contributed by atoms with E-state index in [1.165, 1.54) is 31.4 Å². The summed E-state index contributed by atoms with van der Waals surface area (Å²) in [6.45, 7) is 0. The van der Waals surface area contributed by atoms with Crippen LogP contribution in [0.5, 0.6) is 5.75 Å². The lowest BCUT2D eigenvalue weighted by atomic mass is 10.0. The molecule has 1 aliphatic rings. The van der Waals surface area contributed by atoms with Crippen LogP contribution in [0.25, 0.3) is 5.57 Å². The molecule has 1 heterocycles. The van der Waals surface area contributed by atoms with Crippen molar-refractivity contribution in [3.63, 3.8) is 0 Å². The van der Waals surface area contributed by atoms with Gasteiger partial charge < -0.3 is 10.1 Å². The van der Waals surface area contributed by atoms with Crippen molar-refractivity contribution in [1.82, 2.24) is 0 Å². The van der Waals surface area contributed by atoms with E-state index in [1.54, 1.807) is 36.4 Å². The van der Waals surface area contributed by atoms with Crippen molar-refractivity contribution in [3.8, 4) is 5.75 Å². The van der Waals surface area contributed by atoms with Crippen LogP contribution in [-0.4, -0.2) is 18.9 Å². The lowest BCUT2D eigenvalue weighted by molar-refractivity contribution is -0.120. The van der Waals surface area contributed by atoms with Gasteiger partial charge in [0.25, 0.3) is 11.8 Å². The highest BCUT2D eigenvalue weighted by Crippen LogP contribution is 2.37. The molecular formula is C23H16BrFN2O3. The number of carbonyl (C=O) groups excluding carboxylic acids is 2. The summed E-state index contributed by atoms with van der Waals surface area (Å²) in [4.78, 5) is 27.7. The van der Waals surface area contributed by atoms with E-state index in [2.05, 4.69) is 21.2 Å². The maximum absolute atomic E-state index is 13.4. The maximum atomic E-state index is 13.4. The number of rotatable bonds is 5. The first-order valence-corrected chi connectivity index (χ1v) is 9.83. The van der Waals surface area contributed by atoms with Crippen molar-refractivity contribution >= 4 is 44.7 Å². The Bertz CT molecular complexity index is 1180. The van der Waals surface area contributed by atoms with E-state index in [1.807, 2.05) is 12.1 Å². The lowest BCUT2D eigenvalue weighted by Crippen LogP contribution is -2.32. The summed E-state index contributed by atoms with van der Waals surface area (Å²) in [6.07, 6.45) is 0. The Morgan fingerprint density at radius 1 is 0.933 bits per heavy atom. The Balaban J connectivity index is 1.86. The minimum absolute atomic E-state index is 0.118. The van der Waals surface area contributed by atoms with E-state index >= 15 is 0 Å². The average molecular weight is 467 g/mol. The quantitative estimate of drug-likeness (QED) is 0.537. The van der Waals surface area contributed by atoms with Crippen LogP contribution in [-0.2, 0) is 9.59 Å². The summed E-state index contributed by atoms with van der Waals surface area (Å²) >= 11 is 3.40. The number of halogens is 2. The molecule has 4 rings (SSSR count). The third-order valence-electron chi connectivity index (χ3n) is 4.64. The number of benzene rings is 3. The molecule has 30 heavy (non-hydrogen) atoms. The first-order valence-electron chi connectivity index (χ1n) is 9.04. The Hall–Kier alpha value is -3.45. The number of hydrogen-bond donors (Lipinski definition) is 1. The number of ether oxygens (including phenoxy) is 1. The van der Waals surface area contributed by atoms with Gasteiger partial charge in [-0.2, -0.15) is 0 Å². The van der Waals surface area contributed by atoms with Crippen LogP contribution >= 0.6 is 15.9 Å². The number of carbonyl (C=O) groups is 2. The van der Waals surface area contributed by atoms with Gasteiger partial charge in [0.15, 0.2) is 0 Å². The number of methoxy groups -OCH3 is 1. The van der Waals surface area contributed by atoms with Crippen LogP contribution in [0.3, 0.4) is 0 Å². The number of para-hydroxylation sites is 1. The summed E-state index contributed by atoms with van der Waals surface area (Å²) in [5, 5.41) is 3.08. The van der Waals surface area contributed by atoms with Crippen LogP contribution in [0.4, 0.5) is 15.8 Å². The van der Waals surface area contributed by atoms with E-state index in [-0.39, 0.29) is 17.0 Å². The molecule has 0 fully saturated rings. The van der Waals surface area contributed by atoms with E-state index in [0.717, 1.165) is 9.37 Å². The first kappa shape index (κ1) is 19.8. The van der Waals surface area contributed by atoms with Crippen molar-refractivity contribution in [3.05, 3.63) is 94.3 Å². The van der Waals surface area contributed by atoms with Crippen molar-refractivity contribution in [1.29, 1.82) is 0 Å². The smallest absolute Gasteiger partial charge is 0.282 e. The number of nitrogens with one attached hydrogen (secondary N) is 1. The molecule has 1 N–H and O–H groups in total. The summed E-state index contributed by atoms with van der Waals surface area (Å²) < 4.78 is 19.6. The summed E-state index contributed by atoms with van der Waals surface area (Å²) in [5.41, 5.74) is 1.70. The zero-order valence-corrected chi connectivity index (χ0v) is 17.4. The molecule has 7 heteroatoms. The first-order chi connectivity index (χ1) is 14.5. The number of nitrogens with zero attached hydrogens (tertiary/aromatic N) is 1. The molecule has 0 bridgehead atoms. The van der Waals surface area contributed by atoms with Gasteiger partial charge in [-0.1, -0.05) is 40.2 Å². The molecule has 150 valence electrons. The van der Waals surface area contributed by atoms with Gasteiger partial charge in [-0.15, -0.1) is 0 Å². The lowest BCUT2D eigenvalue weighted by Gasteiger charge is -2.15. The topological polar surface area (TPSA) is 58.6 Å². The normalized spacial score (nSPS) is 13.8. The van der Waals surface area contributed by atoms with Crippen LogP contribution in [0.15, 0.2) is 83.0 Å². The van der Waals surface area contributed by atoms with E-state index < -0.39 is 17.6 Å². The van der Waals surface area contributed by atoms with Gasteiger partial charge in [0.05, 0.1) is 18.4 Å². The molecule has 0 saturated heterocycles. The van der Waals surface area contributed by atoms with Crippen molar-refractivity contribution in [2.24, 2.45) is 0 Å². The Kier molecular flexibility index (Phi) is 5.37. The Labute approximate surface area is 180 Å². The molecule has 3 aromatic rings. The van der Waals surface area contributed by atoms with Gasteiger partial charge >= 0.3 is 0 Å². The van der Waals surface area contributed by atoms with Gasteiger partial charge in [-0.25, -0.2) is 9.29 Å². The molecule has 0 aliphatic carbocycles. The highest BCUT2D eigenvalue weighted by atomic mass is 79.9. The number of anilines is 2. The maximum Gasteiger partial charge on any atom is 0.282 e. The highest BCUT2D eigenvalue weighted by Gasteiger charge is 2.41. The molecule has 5 nitrogen and oxygen atoms in total. The molecule has 3 aromatic carbocycles. The molecule has 0 aromatic heterocycles. The van der Waals surface area contributed by atoms with Gasteiger partial charge in [0.2, 0.25) is 0 Å². The third kappa shape index (κ3) is 3.59. The van der Waals surface area contributed by atoms with Gasteiger partial charge in [-0.05, 0) is 48.5 Å². The van der Waals surface area contributed by atoms with Crippen LogP contribution in [0, 0.1) is 5.82 Å². The molecule has 0 saturated carbocycles. The zero-order valence-electron chi connectivity index (χ0n) is 15.9. The predicted octanol–water partition coefficient (Wildman–Crippen LogP) is 4.99. The fraction of sp³-hybridized carbons (Fsp3) is 0.0435. The highest BCUT2D eigenvalue weighted by molar-refractivity contribution is 9.10. The van der Waals surface area contributed by atoms with Crippen LogP contribution in [0.1, 0.15) is 5.56 Å². The minimum atomic E-state index is -0.535. The zero-order chi connectivity index (χ0) is 21.3. The second kappa shape index (κ2) is 8.12. The van der Waals surface area contributed by atoms with E-state index in [9.17, 15) is 14.0 Å². The molecule has 0 unspecified atom stereocenters. The number of imide groups is 1. The Morgan fingerprint density at radius 3 is 2.37 bits per heavy atom. The molecule has 0 spiro atoms. The molecular weight excluding hydrogens is 451 g/mol. The summed E-state index contributed by atoms with van der Waals surface area (Å²) in [6, 6.07) is 19.4. The largest absolute Gasteiger partial charge is 0.496 e. The van der Waals surface area contributed by atoms with Crippen LogP contribution in [0.2, 0.25) is 0 Å². The van der Waals surface area contributed by atoms with Crippen molar-refractivity contribution < 1.29 is 18.7 Å². The van der Waals surface area contributed by atoms with Crippen LogP contribution < -0.4 is 15.0 Å². The summed E-state index contributed by atoms with van der Waals surface area (Å²) in [7, 11) is 1.50. The Morgan fingerprint density at radius 2 is 1.67 bits per heavy atom. The van der Waals surface area contributed by atoms with E-state index in [4.69, 9.17) is 4.74 Å². The van der Waals surface area contributed by atoms with Crippen molar-refractivity contribution in [2.45, 2.75) is 0 Å². The number of hydrogen-bond acceptors (Lipinski definition) is 4. The number of amides is 2. The minimum Gasteiger partial charge on any atom is -0.496 e. The van der Waals surface area contributed by atoms with Crippen molar-refractivity contribution in [2.75, 3.05) is 17.3 Å². The summed E-state index contributed by atoms with van der Waals surface area (Å²) in [5.74, 6) is -1.05. The average Bonchev–Trinajstić information content (AvgIpc) is 2.98. The second-order valence-electron chi connectivity index (χ2n) is 6.51. The fourth-order valence-electron chi connectivity index (χ4n) is 3.28. The van der Waals surface area contributed by atoms with Gasteiger partial charge in [0, 0.05) is 15.7 Å². The second-order valence-corrected chi connectivity index (χ2v) is 7.42. The monoisotopic (exact) mass is 466 g/mol. The third-order valence-corrected chi connectivity index (χ3v) is 5.13. The predicted molar refractivity (Wildman–Crippen MR) is 117 cm³/mol. The molecule has 1 aliphatic heterocycles. The van der Waals surface area contributed by atoms with Gasteiger partial charge in [-0.3, -0.25) is 9.59 Å². The standard InChI is InChI=1S/C23H16BrFN2O3/c1-30-19-8-3-2-7-18(19)20-21(26-16-6-4-5-14(24)13-16)23(29)27(22(20)28)17-11-9-15(25)10-12-17/h2-13,26H,1H3. The fourth-order valence-corrected chi connectivity index (χ4v) is 3.68. The van der Waals surface area contributed by atoms with Gasteiger partial charge in [0.1, 0.15) is 17.3 Å². The molecule has 0 atom stereocenters. The molecule has 0 radical (unpaired) electrons.